The summed E-state index contributed by atoms with van der Waals surface area (Å²) in [6.45, 7) is 4.73. The second-order valence-corrected chi connectivity index (χ2v) is 7.05. The molecule has 2 saturated heterocycles. The molecule has 2 aliphatic rings. The van der Waals surface area contributed by atoms with Crippen molar-refractivity contribution >= 4 is 5.91 Å². The van der Waals surface area contributed by atoms with Crippen molar-refractivity contribution in [2.45, 2.75) is 57.5 Å². The summed E-state index contributed by atoms with van der Waals surface area (Å²) in [5.41, 5.74) is 1.30. The lowest BCUT2D eigenvalue weighted by atomic mass is 10.00. The fourth-order valence-electron chi connectivity index (χ4n) is 4.24. The Morgan fingerprint density at radius 3 is 2.62 bits per heavy atom. The average molecular weight is 330 g/mol. The molecule has 3 rings (SSSR count). The first-order chi connectivity index (χ1) is 11.7. The van der Waals surface area contributed by atoms with E-state index in [0.717, 1.165) is 38.1 Å². The van der Waals surface area contributed by atoms with Gasteiger partial charge in [0.05, 0.1) is 13.7 Å². The van der Waals surface area contributed by atoms with Crippen LogP contribution in [0.25, 0.3) is 0 Å². The fraction of sp³-hybridized carbons (Fsp3) is 0.650. The summed E-state index contributed by atoms with van der Waals surface area (Å²) in [7, 11) is 1.69. The maximum atomic E-state index is 12.9. The van der Waals surface area contributed by atoms with Crippen molar-refractivity contribution in [1.82, 2.24) is 9.80 Å². The van der Waals surface area contributed by atoms with Gasteiger partial charge in [-0.1, -0.05) is 19.1 Å². The Bertz CT molecular complexity index is 543. The summed E-state index contributed by atoms with van der Waals surface area (Å²) in [6, 6.07) is 9.14. The second kappa shape index (κ2) is 8.02. The van der Waals surface area contributed by atoms with Crippen molar-refractivity contribution in [3.8, 4) is 5.75 Å². The molecule has 4 nitrogen and oxygen atoms in total. The Balaban J connectivity index is 1.65. The van der Waals surface area contributed by atoms with Gasteiger partial charge in [0, 0.05) is 18.6 Å². The monoisotopic (exact) mass is 330 g/mol. The summed E-state index contributed by atoms with van der Waals surface area (Å²) in [4.78, 5) is 17.4. The lowest BCUT2D eigenvalue weighted by molar-refractivity contribution is -0.136. The minimum atomic E-state index is 0.321. The molecule has 0 N–H and O–H groups in total. The number of carbonyl (C=O) groups excluding carboxylic acids is 1. The number of carbonyl (C=O) groups is 1. The van der Waals surface area contributed by atoms with Gasteiger partial charge in [0.25, 0.3) is 0 Å². The highest BCUT2D eigenvalue weighted by Gasteiger charge is 2.31. The minimum absolute atomic E-state index is 0.321. The van der Waals surface area contributed by atoms with Crippen molar-refractivity contribution in [2.75, 3.05) is 26.7 Å². The van der Waals surface area contributed by atoms with Crippen LogP contribution < -0.4 is 4.74 Å². The number of likely N-dealkylation sites (tertiary alicyclic amines) is 2. The van der Waals surface area contributed by atoms with Crippen LogP contribution in [0.15, 0.2) is 24.3 Å². The van der Waals surface area contributed by atoms with Crippen LogP contribution in [-0.4, -0.2) is 48.5 Å². The van der Waals surface area contributed by atoms with E-state index in [4.69, 9.17) is 4.74 Å². The lowest BCUT2D eigenvalue weighted by Gasteiger charge is -2.37. The minimum Gasteiger partial charge on any atom is -0.497 e. The number of ether oxygens (including phenoxy) is 1. The highest BCUT2D eigenvalue weighted by molar-refractivity contribution is 5.78. The van der Waals surface area contributed by atoms with E-state index >= 15 is 0 Å². The van der Waals surface area contributed by atoms with Crippen LogP contribution in [0.1, 0.15) is 57.1 Å². The Hall–Kier alpha value is -1.55. The van der Waals surface area contributed by atoms with E-state index in [-0.39, 0.29) is 0 Å². The molecule has 0 saturated carbocycles. The third-order valence-corrected chi connectivity index (χ3v) is 5.62. The highest BCUT2D eigenvalue weighted by atomic mass is 16.5. The third kappa shape index (κ3) is 3.75. The van der Waals surface area contributed by atoms with Crippen molar-refractivity contribution in [3.63, 3.8) is 0 Å². The predicted molar refractivity (Wildman–Crippen MR) is 96.2 cm³/mol. The van der Waals surface area contributed by atoms with E-state index in [1.54, 1.807) is 7.11 Å². The molecule has 1 aromatic rings. The molecule has 0 aromatic heterocycles. The topological polar surface area (TPSA) is 32.8 Å². The number of benzene rings is 1. The van der Waals surface area contributed by atoms with Crippen molar-refractivity contribution in [2.24, 2.45) is 0 Å². The van der Waals surface area contributed by atoms with E-state index in [0.29, 0.717) is 24.5 Å². The average Bonchev–Trinajstić information content (AvgIpc) is 3.09. The third-order valence-electron chi connectivity index (χ3n) is 5.62. The lowest BCUT2D eigenvalue weighted by Crippen LogP contribution is -2.47. The molecule has 2 fully saturated rings. The van der Waals surface area contributed by atoms with Gasteiger partial charge in [-0.2, -0.15) is 0 Å². The quantitative estimate of drug-likeness (QED) is 0.826. The summed E-state index contributed by atoms with van der Waals surface area (Å²) >= 11 is 0. The second-order valence-electron chi connectivity index (χ2n) is 7.05. The van der Waals surface area contributed by atoms with Crippen LogP contribution >= 0.6 is 0 Å². The highest BCUT2D eigenvalue weighted by Crippen LogP contribution is 2.33. The molecule has 0 spiro atoms. The van der Waals surface area contributed by atoms with Crippen LogP contribution in [0.4, 0.5) is 0 Å². The molecule has 2 atom stereocenters. The van der Waals surface area contributed by atoms with Crippen LogP contribution in [0.3, 0.4) is 0 Å². The summed E-state index contributed by atoms with van der Waals surface area (Å²) in [5.74, 6) is 1.21. The molecule has 0 aliphatic carbocycles. The Kier molecular flexibility index (Phi) is 5.77. The first-order valence-corrected chi connectivity index (χ1v) is 9.40. The Morgan fingerprint density at radius 2 is 1.92 bits per heavy atom. The van der Waals surface area contributed by atoms with Gasteiger partial charge in [-0.15, -0.1) is 0 Å². The molecular formula is C20H30N2O2. The maximum Gasteiger partial charge on any atom is 0.237 e. The molecule has 0 bridgehead atoms. The van der Waals surface area contributed by atoms with Crippen molar-refractivity contribution in [3.05, 3.63) is 29.8 Å². The van der Waals surface area contributed by atoms with Gasteiger partial charge in [-0.05, 0) is 62.8 Å². The maximum absolute atomic E-state index is 12.9. The van der Waals surface area contributed by atoms with Gasteiger partial charge in [0.1, 0.15) is 5.75 Å². The molecule has 4 heteroatoms. The number of amides is 1. The Labute approximate surface area is 145 Å². The SMILES string of the molecule is CCC1CCCCN1C(=O)CN1CCCC1c1ccc(OC)cc1. The van der Waals surface area contributed by atoms with E-state index in [2.05, 4.69) is 28.9 Å². The molecule has 24 heavy (non-hydrogen) atoms. The molecule has 2 aliphatic heterocycles. The zero-order valence-electron chi connectivity index (χ0n) is 15.0. The fourth-order valence-corrected chi connectivity index (χ4v) is 4.24. The van der Waals surface area contributed by atoms with Crippen molar-refractivity contribution < 1.29 is 9.53 Å². The normalized spacial score (nSPS) is 25.0. The van der Waals surface area contributed by atoms with E-state index < -0.39 is 0 Å². The largest absolute Gasteiger partial charge is 0.497 e. The number of hydrogen-bond acceptors (Lipinski definition) is 3. The zero-order valence-corrected chi connectivity index (χ0v) is 15.0. The van der Waals surface area contributed by atoms with E-state index in [1.807, 2.05) is 12.1 Å². The molecule has 132 valence electrons. The standard InChI is InChI=1S/C20H30N2O2/c1-3-17-7-4-5-14-22(17)20(23)15-21-13-6-8-19(21)16-9-11-18(24-2)12-10-16/h9-12,17,19H,3-8,13-15H2,1-2H3. The zero-order chi connectivity index (χ0) is 16.9. The first-order valence-electron chi connectivity index (χ1n) is 9.40. The van der Waals surface area contributed by atoms with Gasteiger partial charge in [-0.25, -0.2) is 0 Å². The molecule has 2 heterocycles. The number of nitrogens with zero attached hydrogens (tertiary/aromatic N) is 2. The smallest absolute Gasteiger partial charge is 0.237 e. The Morgan fingerprint density at radius 1 is 1.12 bits per heavy atom. The van der Waals surface area contributed by atoms with Crippen LogP contribution in [0, 0.1) is 0 Å². The summed E-state index contributed by atoms with van der Waals surface area (Å²) in [5, 5.41) is 0. The van der Waals surface area contributed by atoms with Gasteiger partial charge in [0.2, 0.25) is 5.91 Å². The van der Waals surface area contributed by atoms with Gasteiger partial charge in [0.15, 0.2) is 0 Å². The number of rotatable bonds is 5. The predicted octanol–water partition coefficient (Wildman–Crippen LogP) is 3.62. The molecule has 1 aromatic carbocycles. The number of hydrogen-bond donors (Lipinski definition) is 0. The summed E-state index contributed by atoms with van der Waals surface area (Å²) in [6.07, 6.45) is 6.97. The number of methoxy groups -OCH3 is 1. The van der Waals surface area contributed by atoms with E-state index in [9.17, 15) is 4.79 Å². The number of piperidine rings is 1. The molecule has 1 amide bonds. The van der Waals surface area contributed by atoms with Crippen molar-refractivity contribution in [1.29, 1.82) is 0 Å². The van der Waals surface area contributed by atoms with Gasteiger partial charge in [-0.3, -0.25) is 9.69 Å². The van der Waals surface area contributed by atoms with Crippen LogP contribution in [0.2, 0.25) is 0 Å². The molecule has 2 unspecified atom stereocenters. The van der Waals surface area contributed by atoms with Gasteiger partial charge < -0.3 is 9.64 Å². The molecular weight excluding hydrogens is 300 g/mol. The van der Waals surface area contributed by atoms with Crippen LogP contribution in [-0.2, 0) is 4.79 Å². The van der Waals surface area contributed by atoms with Crippen LogP contribution in [0.5, 0.6) is 5.75 Å². The molecule has 0 radical (unpaired) electrons. The van der Waals surface area contributed by atoms with E-state index in [1.165, 1.54) is 24.8 Å². The summed E-state index contributed by atoms with van der Waals surface area (Å²) < 4.78 is 5.25. The first kappa shape index (κ1) is 17.3. The van der Waals surface area contributed by atoms with Gasteiger partial charge >= 0.3 is 0 Å².